The fourth-order valence-corrected chi connectivity index (χ4v) is 3.09. The molecule has 1 amide bonds. The Kier molecular flexibility index (Phi) is 4.76. The fourth-order valence-electron chi connectivity index (χ4n) is 3.09. The second-order valence-electron chi connectivity index (χ2n) is 6.08. The first kappa shape index (κ1) is 15.7. The Morgan fingerprint density at radius 2 is 2.09 bits per heavy atom. The number of fused-ring (bicyclic) bond motifs is 1. The van der Waals surface area contributed by atoms with Gasteiger partial charge in [0, 0.05) is 37.5 Å². The van der Waals surface area contributed by atoms with Crippen molar-refractivity contribution in [1.29, 1.82) is 0 Å². The van der Waals surface area contributed by atoms with Crippen LogP contribution in [-0.4, -0.2) is 40.2 Å². The van der Waals surface area contributed by atoms with Gasteiger partial charge in [-0.15, -0.1) is 0 Å². The molecule has 5 heteroatoms. The highest BCUT2D eigenvalue weighted by Crippen LogP contribution is 2.17. The molecule has 0 unspecified atom stereocenters. The van der Waals surface area contributed by atoms with E-state index in [1.54, 1.807) is 4.68 Å². The zero-order chi connectivity index (χ0) is 16.2. The molecule has 2 aromatic rings. The molecule has 0 saturated carbocycles. The average Bonchev–Trinajstić information content (AvgIpc) is 2.83. The van der Waals surface area contributed by atoms with E-state index in [0.29, 0.717) is 13.1 Å². The number of carbonyl (C=O) groups is 1. The van der Waals surface area contributed by atoms with Gasteiger partial charge >= 0.3 is 0 Å². The molecule has 2 heterocycles. The first-order valence-corrected chi connectivity index (χ1v) is 8.26. The molecule has 3 rings (SSSR count). The van der Waals surface area contributed by atoms with Crippen molar-refractivity contribution in [3.63, 3.8) is 0 Å². The molecule has 1 aromatic heterocycles. The maximum Gasteiger partial charge on any atom is 0.254 e. The first-order valence-electron chi connectivity index (χ1n) is 8.26. The van der Waals surface area contributed by atoms with Gasteiger partial charge in [-0.1, -0.05) is 6.07 Å². The van der Waals surface area contributed by atoms with Crippen LogP contribution in [-0.2, 0) is 26.4 Å². The van der Waals surface area contributed by atoms with Crippen molar-refractivity contribution in [2.24, 2.45) is 7.05 Å². The summed E-state index contributed by atoms with van der Waals surface area (Å²) >= 11 is 0. The Morgan fingerprint density at radius 1 is 1.30 bits per heavy atom. The summed E-state index contributed by atoms with van der Waals surface area (Å²) in [5, 5.41) is 7.58. The highest BCUT2D eigenvalue weighted by atomic mass is 16.2. The van der Waals surface area contributed by atoms with Crippen molar-refractivity contribution in [1.82, 2.24) is 20.0 Å². The van der Waals surface area contributed by atoms with Gasteiger partial charge in [-0.2, -0.15) is 5.10 Å². The number of rotatable bonds is 4. The number of nitrogens with one attached hydrogen (secondary N) is 1. The summed E-state index contributed by atoms with van der Waals surface area (Å²) in [7, 11) is 1.89. The van der Waals surface area contributed by atoms with E-state index in [4.69, 9.17) is 0 Å². The summed E-state index contributed by atoms with van der Waals surface area (Å²) in [5.41, 5.74) is 4.51. The number of benzene rings is 1. The van der Waals surface area contributed by atoms with Gasteiger partial charge in [-0.05, 0) is 56.1 Å². The summed E-state index contributed by atoms with van der Waals surface area (Å²) in [5.74, 6) is 0.0939. The minimum Gasteiger partial charge on any atom is -0.334 e. The number of hydrogen-bond donors (Lipinski definition) is 1. The molecule has 0 spiro atoms. The second-order valence-corrected chi connectivity index (χ2v) is 6.08. The number of carbonyl (C=O) groups excluding carboxylic acids is 1. The predicted octanol–water partition coefficient (Wildman–Crippen LogP) is 1.77. The summed E-state index contributed by atoms with van der Waals surface area (Å²) in [6, 6.07) is 6.17. The Bertz CT molecular complexity index is 692. The van der Waals surface area contributed by atoms with Gasteiger partial charge in [0.1, 0.15) is 0 Å². The van der Waals surface area contributed by atoms with Crippen molar-refractivity contribution >= 4 is 5.91 Å². The zero-order valence-corrected chi connectivity index (χ0v) is 13.9. The van der Waals surface area contributed by atoms with Crippen molar-refractivity contribution in [2.45, 2.75) is 26.3 Å². The molecule has 0 bridgehead atoms. The Morgan fingerprint density at radius 3 is 2.78 bits per heavy atom. The van der Waals surface area contributed by atoms with E-state index in [-0.39, 0.29) is 5.91 Å². The molecule has 1 aromatic carbocycles. The highest BCUT2D eigenvalue weighted by molar-refractivity contribution is 5.94. The van der Waals surface area contributed by atoms with Gasteiger partial charge in [0.25, 0.3) is 5.91 Å². The van der Waals surface area contributed by atoms with Crippen LogP contribution in [0.2, 0.25) is 0 Å². The lowest BCUT2D eigenvalue weighted by Crippen LogP contribution is -2.30. The SMILES string of the molecule is CCN(Cc1cnn(C)c1)C(=O)c1ccc2c(c1)CCNCC2. The molecule has 0 radical (unpaired) electrons. The summed E-state index contributed by atoms with van der Waals surface area (Å²) in [6.45, 7) is 5.30. The molecule has 1 aliphatic rings. The van der Waals surface area contributed by atoms with Crippen molar-refractivity contribution in [3.05, 3.63) is 52.8 Å². The summed E-state index contributed by atoms with van der Waals surface area (Å²) in [6.07, 6.45) is 5.80. The lowest BCUT2D eigenvalue weighted by molar-refractivity contribution is 0.0752. The monoisotopic (exact) mass is 312 g/mol. The lowest BCUT2D eigenvalue weighted by atomic mass is 9.99. The molecular formula is C18H24N4O. The third-order valence-corrected chi connectivity index (χ3v) is 4.40. The number of amides is 1. The van der Waals surface area contributed by atoms with Crippen LogP contribution in [0.1, 0.15) is 34.0 Å². The van der Waals surface area contributed by atoms with Gasteiger partial charge in [-0.25, -0.2) is 0 Å². The van der Waals surface area contributed by atoms with Gasteiger partial charge in [-0.3, -0.25) is 9.48 Å². The molecule has 1 aliphatic heterocycles. The van der Waals surface area contributed by atoms with Gasteiger partial charge < -0.3 is 10.2 Å². The summed E-state index contributed by atoms with van der Waals surface area (Å²) < 4.78 is 1.77. The van der Waals surface area contributed by atoms with E-state index in [2.05, 4.69) is 22.5 Å². The molecule has 0 fully saturated rings. The normalized spacial score (nSPS) is 14.2. The van der Waals surface area contributed by atoms with E-state index >= 15 is 0 Å². The van der Waals surface area contributed by atoms with Crippen molar-refractivity contribution in [2.75, 3.05) is 19.6 Å². The molecule has 0 saturated heterocycles. The third kappa shape index (κ3) is 3.62. The second kappa shape index (κ2) is 6.96. The smallest absolute Gasteiger partial charge is 0.254 e. The standard InChI is InChI=1S/C18H24N4O/c1-3-22(13-14-11-20-21(2)12-14)18(23)17-5-4-15-6-8-19-9-7-16(15)10-17/h4-5,10-12,19H,3,6-9,13H2,1-2H3. The molecule has 23 heavy (non-hydrogen) atoms. The van der Waals surface area contributed by atoms with E-state index in [0.717, 1.165) is 37.1 Å². The van der Waals surface area contributed by atoms with Crippen LogP contribution in [0.5, 0.6) is 0 Å². The Labute approximate surface area is 137 Å². The predicted molar refractivity (Wildman–Crippen MR) is 90.3 cm³/mol. The van der Waals surface area contributed by atoms with Crippen LogP contribution in [0.4, 0.5) is 0 Å². The quantitative estimate of drug-likeness (QED) is 0.936. The van der Waals surface area contributed by atoms with Gasteiger partial charge in [0.15, 0.2) is 0 Å². The topological polar surface area (TPSA) is 50.2 Å². The van der Waals surface area contributed by atoms with Crippen LogP contribution in [0, 0.1) is 0 Å². The number of aryl methyl sites for hydroxylation is 1. The minimum absolute atomic E-state index is 0.0939. The maximum atomic E-state index is 12.8. The molecule has 5 nitrogen and oxygen atoms in total. The largest absolute Gasteiger partial charge is 0.334 e. The van der Waals surface area contributed by atoms with E-state index in [9.17, 15) is 4.79 Å². The minimum atomic E-state index is 0.0939. The molecular weight excluding hydrogens is 288 g/mol. The van der Waals surface area contributed by atoms with Gasteiger partial charge in [0.05, 0.1) is 6.20 Å². The van der Waals surface area contributed by atoms with E-state index in [1.165, 1.54) is 11.1 Å². The summed E-state index contributed by atoms with van der Waals surface area (Å²) in [4.78, 5) is 14.7. The van der Waals surface area contributed by atoms with E-state index in [1.807, 2.05) is 37.3 Å². The molecule has 0 atom stereocenters. The number of aromatic nitrogens is 2. The third-order valence-electron chi connectivity index (χ3n) is 4.40. The number of nitrogens with zero attached hydrogens (tertiary/aromatic N) is 3. The number of hydrogen-bond acceptors (Lipinski definition) is 3. The Hall–Kier alpha value is -2.14. The molecule has 0 aliphatic carbocycles. The van der Waals surface area contributed by atoms with Gasteiger partial charge in [0.2, 0.25) is 0 Å². The zero-order valence-electron chi connectivity index (χ0n) is 13.9. The van der Waals surface area contributed by atoms with E-state index < -0.39 is 0 Å². The van der Waals surface area contributed by atoms with Crippen molar-refractivity contribution < 1.29 is 4.79 Å². The Balaban J connectivity index is 1.79. The molecule has 122 valence electrons. The maximum absolute atomic E-state index is 12.8. The molecule has 1 N–H and O–H groups in total. The van der Waals surface area contributed by atoms with Crippen LogP contribution in [0.3, 0.4) is 0 Å². The van der Waals surface area contributed by atoms with Crippen molar-refractivity contribution in [3.8, 4) is 0 Å². The fraction of sp³-hybridized carbons (Fsp3) is 0.444. The van der Waals surface area contributed by atoms with Crippen LogP contribution in [0.15, 0.2) is 30.6 Å². The first-order chi connectivity index (χ1) is 11.2. The highest BCUT2D eigenvalue weighted by Gasteiger charge is 2.17. The van der Waals surface area contributed by atoms with Crippen LogP contribution in [0.25, 0.3) is 0 Å². The van der Waals surface area contributed by atoms with Crippen LogP contribution < -0.4 is 5.32 Å². The lowest BCUT2D eigenvalue weighted by Gasteiger charge is -2.21. The average molecular weight is 312 g/mol. The van der Waals surface area contributed by atoms with Crippen LogP contribution >= 0.6 is 0 Å².